The van der Waals surface area contributed by atoms with Gasteiger partial charge in [-0.05, 0) is 30.7 Å². The molecule has 1 fully saturated rings. The van der Waals surface area contributed by atoms with Gasteiger partial charge in [-0.25, -0.2) is 4.98 Å². The number of hydrogen-bond donors (Lipinski definition) is 1. The van der Waals surface area contributed by atoms with Crippen LogP contribution in [-0.2, 0) is 0 Å². The van der Waals surface area contributed by atoms with Crippen LogP contribution in [0.2, 0.25) is 5.02 Å². The van der Waals surface area contributed by atoms with E-state index in [2.05, 4.69) is 46.0 Å². The molecule has 1 aliphatic rings. The molecule has 0 bridgehead atoms. The molecule has 1 saturated heterocycles. The van der Waals surface area contributed by atoms with Crippen molar-refractivity contribution < 1.29 is 0 Å². The highest BCUT2D eigenvalue weighted by Gasteiger charge is 2.20. The molecule has 0 aliphatic carbocycles. The number of anilines is 3. The Bertz CT molecular complexity index is 636. The van der Waals surface area contributed by atoms with E-state index in [1.54, 1.807) is 12.3 Å². The maximum absolute atomic E-state index is 6.24. The van der Waals surface area contributed by atoms with E-state index in [1.807, 2.05) is 0 Å². The van der Waals surface area contributed by atoms with Gasteiger partial charge in [-0.2, -0.15) is 0 Å². The van der Waals surface area contributed by atoms with Crippen molar-refractivity contribution in [3.63, 3.8) is 0 Å². The van der Waals surface area contributed by atoms with Crippen molar-refractivity contribution in [2.75, 3.05) is 41.7 Å². The number of piperazine rings is 1. The van der Waals surface area contributed by atoms with Crippen LogP contribution in [0.15, 0.2) is 36.5 Å². The quantitative estimate of drug-likeness (QED) is 0.926. The van der Waals surface area contributed by atoms with Gasteiger partial charge in [0.2, 0.25) is 0 Å². The second-order valence-electron chi connectivity index (χ2n) is 5.39. The Morgan fingerprint density at radius 1 is 1.10 bits per heavy atom. The SMILES string of the molecule is Cc1cccc(N2CCN(c3ncc(N)cc3Cl)CC2)c1. The number of nitrogens with zero attached hydrogens (tertiary/aromatic N) is 3. The number of nitrogens with two attached hydrogens (primary N) is 1. The lowest BCUT2D eigenvalue weighted by atomic mass is 10.2. The normalized spacial score (nSPS) is 15.3. The maximum Gasteiger partial charge on any atom is 0.147 e. The molecule has 110 valence electrons. The van der Waals surface area contributed by atoms with Gasteiger partial charge in [0.15, 0.2) is 0 Å². The zero-order valence-electron chi connectivity index (χ0n) is 12.1. The van der Waals surface area contributed by atoms with E-state index in [1.165, 1.54) is 11.3 Å². The fraction of sp³-hybridized carbons (Fsp3) is 0.312. The zero-order valence-corrected chi connectivity index (χ0v) is 12.8. The molecule has 21 heavy (non-hydrogen) atoms. The third-order valence-corrected chi connectivity index (χ3v) is 4.07. The summed E-state index contributed by atoms with van der Waals surface area (Å²) in [4.78, 5) is 8.98. The van der Waals surface area contributed by atoms with Gasteiger partial charge in [0, 0.05) is 31.9 Å². The number of nitrogen functional groups attached to an aromatic ring is 1. The van der Waals surface area contributed by atoms with Gasteiger partial charge in [0.1, 0.15) is 5.82 Å². The number of rotatable bonds is 2. The van der Waals surface area contributed by atoms with Crippen LogP contribution in [0, 0.1) is 6.92 Å². The van der Waals surface area contributed by atoms with Crippen LogP contribution < -0.4 is 15.5 Å². The fourth-order valence-electron chi connectivity index (χ4n) is 2.68. The minimum atomic E-state index is 0.599. The summed E-state index contributed by atoms with van der Waals surface area (Å²) in [6, 6.07) is 10.4. The van der Waals surface area contributed by atoms with Gasteiger partial charge < -0.3 is 15.5 Å². The minimum absolute atomic E-state index is 0.599. The van der Waals surface area contributed by atoms with Crippen molar-refractivity contribution in [1.29, 1.82) is 0 Å². The first kappa shape index (κ1) is 14.0. The second kappa shape index (κ2) is 5.82. The van der Waals surface area contributed by atoms with Crippen LogP contribution >= 0.6 is 11.6 Å². The summed E-state index contributed by atoms with van der Waals surface area (Å²) in [7, 11) is 0. The summed E-state index contributed by atoms with van der Waals surface area (Å²) >= 11 is 6.24. The summed E-state index contributed by atoms with van der Waals surface area (Å²) in [5.74, 6) is 0.828. The lowest BCUT2D eigenvalue weighted by Crippen LogP contribution is -2.47. The minimum Gasteiger partial charge on any atom is -0.397 e. The Morgan fingerprint density at radius 2 is 1.81 bits per heavy atom. The van der Waals surface area contributed by atoms with Crippen molar-refractivity contribution in [1.82, 2.24) is 4.98 Å². The van der Waals surface area contributed by atoms with E-state index in [9.17, 15) is 0 Å². The smallest absolute Gasteiger partial charge is 0.147 e. The molecule has 1 aromatic heterocycles. The van der Waals surface area contributed by atoms with Gasteiger partial charge in [0.05, 0.1) is 16.9 Å². The molecule has 0 amide bonds. The van der Waals surface area contributed by atoms with E-state index in [-0.39, 0.29) is 0 Å². The summed E-state index contributed by atoms with van der Waals surface area (Å²) < 4.78 is 0. The summed E-state index contributed by atoms with van der Waals surface area (Å²) in [5.41, 5.74) is 8.87. The maximum atomic E-state index is 6.24. The highest BCUT2D eigenvalue weighted by atomic mass is 35.5. The molecule has 5 heteroatoms. The van der Waals surface area contributed by atoms with Gasteiger partial charge in [0.25, 0.3) is 0 Å². The third kappa shape index (κ3) is 3.05. The van der Waals surface area contributed by atoms with E-state index in [4.69, 9.17) is 17.3 Å². The number of benzene rings is 1. The van der Waals surface area contributed by atoms with Gasteiger partial charge in [-0.3, -0.25) is 0 Å². The molecule has 2 heterocycles. The molecule has 0 atom stereocenters. The van der Waals surface area contributed by atoms with Crippen molar-refractivity contribution in [2.45, 2.75) is 6.92 Å². The third-order valence-electron chi connectivity index (χ3n) is 3.79. The molecule has 1 aromatic carbocycles. The van der Waals surface area contributed by atoms with E-state index in [0.29, 0.717) is 10.7 Å². The van der Waals surface area contributed by atoms with Crippen LogP contribution in [0.25, 0.3) is 0 Å². The molecule has 0 radical (unpaired) electrons. The number of halogens is 1. The van der Waals surface area contributed by atoms with Crippen molar-refractivity contribution >= 4 is 28.8 Å². The average molecular weight is 303 g/mol. The Labute approximate surface area is 130 Å². The van der Waals surface area contributed by atoms with Crippen molar-refractivity contribution in [2.24, 2.45) is 0 Å². The molecular formula is C16H19ClN4. The van der Waals surface area contributed by atoms with Crippen LogP contribution in [0.4, 0.5) is 17.2 Å². The van der Waals surface area contributed by atoms with E-state index < -0.39 is 0 Å². The Balaban J connectivity index is 1.70. The highest BCUT2D eigenvalue weighted by Crippen LogP contribution is 2.27. The average Bonchev–Trinajstić information content (AvgIpc) is 2.47. The summed E-state index contributed by atoms with van der Waals surface area (Å²) in [5, 5.41) is 0.624. The molecule has 2 N–H and O–H groups in total. The first-order chi connectivity index (χ1) is 10.1. The Hall–Kier alpha value is -1.94. The molecule has 0 saturated carbocycles. The molecular weight excluding hydrogens is 284 g/mol. The molecule has 0 spiro atoms. The summed E-state index contributed by atoms with van der Waals surface area (Å²) in [6.45, 7) is 5.87. The van der Waals surface area contributed by atoms with Crippen molar-refractivity contribution in [3.8, 4) is 0 Å². The largest absolute Gasteiger partial charge is 0.397 e. The van der Waals surface area contributed by atoms with Crippen molar-refractivity contribution in [3.05, 3.63) is 47.1 Å². The summed E-state index contributed by atoms with van der Waals surface area (Å²) in [6.07, 6.45) is 1.66. The van der Waals surface area contributed by atoms with Crippen LogP contribution in [0.5, 0.6) is 0 Å². The zero-order chi connectivity index (χ0) is 14.8. The standard InChI is InChI=1S/C16H19ClN4/c1-12-3-2-4-14(9-12)20-5-7-21(8-6-20)16-15(17)10-13(18)11-19-16/h2-4,9-11H,5-8,18H2,1H3. The molecule has 2 aromatic rings. The number of aromatic nitrogens is 1. The molecule has 3 rings (SSSR count). The molecule has 1 aliphatic heterocycles. The number of hydrogen-bond acceptors (Lipinski definition) is 4. The topological polar surface area (TPSA) is 45.4 Å². The van der Waals surface area contributed by atoms with Gasteiger partial charge >= 0.3 is 0 Å². The highest BCUT2D eigenvalue weighted by molar-refractivity contribution is 6.33. The van der Waals surface area contributed by atoms with E-state index in [0.717, 1.165) is 32.0 Å². The lowest BCUT2D eigenvalue weighted by Gasteiger charge is -2.37. The van der Waals surface area contributed by atoms with Gasteiger partial charge in [-0.15, -0.1) is 0 Å². The van der Waals surface area contributed by atoms with Crippen LogP contribution in [0.1, 0.15) is 5.56 Å². The Kier molecular flexibility index (Phi) is 3.88. The Morgan fingerprint density at radius 3 is 2.48 bits per heavy atom. The molecule has 4 nitrogen and oxygen atoms in total. The van der Waals surface area contributed by atoms with Crippen LogP contribution in [0.3, 0.4) is 0 Å². The van der Waals surface area contributed by atoms with Crippen LogP contribution in [-0.4, -0.2) is 31.2 Å². The predicted octanol–water partition coefficient (Wildman–Crippen LogP) is 2.95. The lowest BCUT2D eigenvalue weighted by molar-refractivity contribution is 0.647. The first-order valence-corrected chi connectivity index (χ1v) is 7.49. The second-order valence-corrected chi connectivity index (χ2v) is 5.79. The first-order valence-electron chi connectivity index (χ1n) is 7.11. The van der Waals surface area contributed by atoms with Gasteiger partial charge in [-0.1, -0.05) is 23.7 Å². The van der Waals surface area contributed by atoms with E-state index >= 15 is 0 Å². The fourth-order valence-corrected chi connectivity index (χ4v) is 2.97. The predicted molar refractivity (Wildman–Crippen MR) is 89.3 cm³/mol. The monoisotopic (exact) mass is 302 g/mol. The number of pyridine rings is 1. The number of aryl methyl sites for hydroxylation is 1. The molecule has 0 unspecified atom stereocenters.